The summed E-state index contributed by atoms with van der Waals surface area (Å²) in [5, 5.41) is 6.89. The van der Waals surface area contributed by atoms with E-state index in [4.69, 9.17) is 4.74 Å². The van der Waals surface area contributed by atoms with Gasteiger partial charge in [0.2, 0.25) is 0 Å². The van der Waals surface area contributed by atoms with E-state index in [1.165, 1.54) is 12.8 Å². The van der Waals surface area contributed by atoms with Crippen LogP contribution in [0.2, 0.25) is 0 Å². The molecule has 0 saturated carbocycles. The van der Waals surface area contributed by atoms with Crippen LogP contribution in [-0.4, -0.2) is 31.2 Å². The van der Waals surface area contributed by atoms with E-state index < -0.39 is 0 Å². The molecule has 1 aromatic rings. The fraction of sp³-hybridized carbons (Fsp3) is 0.615. The van der Waals surface area contributed by atoms with Gasteiger partial charge in [-0.05, 0) is 50.9 Å². The molecule has 1 aliphatic rings. The lowest BCUT2D eigenvalue weighted by atomic mass is 9.93. The predicted octanol–water partition coefficient (Wildman–Crippen LogP) is 1.89. The molecule has 2 atom stereocenters. The van der Waals surface area contributed by atoms with Gasteiger partial charge in [-0.15, -0.1) is 0 Å². The monoisotopic (exact) mass is 235 g/mol. The van der Waals surface area contributed by atoms with E-state index in [0.29, 0.717) is 12.0 Å². The molecule has 4 nitrogen and oxygen atoms in total. The predicted molar refractivity (Wildman–Crippen MR) is 69.5 cm³/mol. The van der Waals surface area contributed by atoms with Gasteiger partial charge in [0.25, 0.3) is 0 Å². The van der Waals surface area contributed by atoms with Crippen molar-refractivity contribution in [1.82, 2.24) is 10.3 Å². The molecule has 2 N–H and O–H groups in total. The lowest BCUT2D eigenvalue weighted by molar-refractivity contribution is 0.345. The molecule has 1 fully saturated rings. The van der Waals surface area contributed by atoms with Gasteiger partial charge in [0.05, 0.1) is 7.11 Å². The molecule has 0 radical (unpaired) electrons. The van der Waals surface area contributed by atoms with E-state index in [1.807, 2.05) is 12.1 Å². The largest absolute Gasteiger partial charge is 0.493 e. The first-order valence-electron chi connectivity index (χ1n) is 6.27. The minimum absolute atomic E-state index is 0.409. The number of ether oxygens (including phenoxy) is 1. The Labute approximate surface area is 103 Å². The number of rotatable bonds is 4. The number of piperidine rings is 1. The zero-order valence-electron chi connectivity index (χ0n) is 10.6. The fourth-order valence-corrected chi connectivity index (χ4v) is 2.30. The van der Waals surface area contributed by atoms with Crippen molar-refractivity contribution in [2.75, 3.05) is 25.5 Å². The van der Waals surface area contributed by atoms with Crippen LogP contribution in [0.5, 0.6) is 5.75 Å². The third kappa shape index (κ3) is 3.09. The summed E-state index contributed by atoms with van der Waals surface area (Å²) in [7, 11) is 1.68. The lowest BCUT2D eigenvalue weighted by Gasteiger charge is -2.29. The van der Waals surface area contributed by atoms with Gasteiger partial charge in [0.1, 0.15) is 0 Å². The van der Waals surface area contributed by atoms with Gasteiger partial charge >= 0.3 is 0 Å². The first-order chi connectivity index (χ1) is 8.31. The van der Waals surface area contributed by atoms with Crippen molar-refractivity contribution in [1.29, 1.82) is 0 Å². The summed E-state index contributed by atoms with van der Waals surface area (Å²) in [6.45, 7) is 4.45. The number of nitrogens with one attached hydrogen (secondary N) is 2. The molecule has 1 aliphatic heterocycles. The number of nitrogens with zero attached hydrogens (tertiary/aromatic N) is 1. The number of hydrogen-bond donors (Lipinski definition) is 2. The molecule has 4 heteroatoms. The number of aromatic nitrogens is 1. The summed E-state index contributed by atoms with van der Waals surface area (Å²) in [5.74, 6) is 2.31. The van der Waals surface area contributed by atoms with Crippen LogP contribution in [0.4, 0.5) is 5.82 Å². The minimum atomic E-state index is 0.409. The van der Waals surface area contributed by atoms with E-state index in [0.717, 1.165) is 24.7 Å². The lowest BCUT2D eigenvalue weighted by Crippen LogP contribution is -2.39. The standard InChI is InChI=1S/C13H21N3O/c1-10(11-5-3-7-14-9-11)16-13-12(17-2)6-4-8-15-13/h4,6,8,10-11,14H,3,5,7,9H2,1-2H3,(H,15,16). The maximum absolute atomic E-state index is 5.29. The SMILES string of the molecule is COc1cccnc1NC(C)C1CCCNC1. The van der Waals surface area contributed by atoms with Gasteiger partial charge in [0, 0.05) is 12.2 Å². The Hall–Kier alpha value is -1.29. The zero-order valence-corrected chi connectivity index (χ0v) is 10.6. The van der Waals surface area contributed by atoms with E-state index >= 15 is 0 Å². The highest BCUT2D eigenvalue weighted by molar-refractivity contribution is 5.50. The van der Waals surface area contributed by atoms with Gasteiger partial charge in [-0.1, -0.05) is 0 Å². The van der Waals surface area contributed by atoms with Crippen LogP contribution in [0.15, 0.2) is 18.3 Å². The molecule has 1 saturated heterocycles. The first kappa shape index (κ1) is 12.2. The molecule has 0 aromatic carbocycles. The Morgan fingerprint density at radius 3 is 3.18 bits per heavy atom. The summed E-state index contributed by atoms with van der Waals surface area (Å²) < 4.78 is 5.29. The second-order valence-corrected chi connectivity index (χ2v) is 4.59. The molecule has 2 unspecified atom stereocenters. The summed E-state index contributed by atoms with van der Waals surface area (Å²) in [6.07, 6.45) is 4.32. The smallest absolute Gasteiger partial charge is 0.168 e. The average molecular weight is 235 g/mol. The number of anilines is 1. The highest BCUT2D eigenvalue weighted by Gasteiger charge is 2.20. The van der Waals surface area contributed by atoms with Crippen LogP contribution in [0.3, 0.4) is 0 Å². The molecule has 2 heterocycles. The van der Waals surface area contributed by atoms with E-state index in [9.17, 15) is 0 Å². The topological polar surface area (TPSA) is 46.2 Å². The summed E-state index contributed by atoms with van der Waals surface area (Å²) in [5.41, 5.74) is 0. The summed E-state index contributed by atoms with van der Waals surface area (Å²) in [4.78, 5) is 4.33. The highest BCUT2D eigenvalue weighted by atomic mass is 16.5. The van der Waals surface area contributed by atoms with Crippen LogP contribution in [0.1, 0.15) is 19.8 Å². The first-order valence-corrected chi connectivity index (χ1v) is 6.27. The summed E-state index contributed by atoms with van der Waals surface area (Å²) in [6, 6.07) is 4.23. The Morgan fingerprint density at radius 1 is 1.59 bits per heavy atom. The van der Waals surface area contributed by atoms with Crippen LogP contribution in [0, 0.1) is 5.92 Å². The number of methoxy groups -OCH3 is 1. The van der Waals surface area contributed by atoms with Crippen molar-refractivity contribution in [2.24, 2.45) is 5.92 Å². The van der Waals surface area contributed by atoms with Crippen LogP contribution in [-0.2, 0) is 0 Å². The van der Waals surface area contributed by atoms with E-state index in [2.05, 4.69) is 22.5 Å². The molecular formula is C13H21N3O. The van der Waals surface area contributed by atoms with Crippen LogP contribution >= 0.6 is 0 Å². The number of hydrogen-bond acceptors (Lipinski definition) is 4. The van der Waals surface area contributed by atoms with Crippen molar-refractivity contribution in [3.05, 3.63) is 18.3 Å². The molecule has 0 aliphatic carbocycles. The van der Waals surface area contributed by atoms with E-state index in [-0.39, 0.29) is 0 Å². The zero-order chi connectivity index (χ0) is 12.1. The molecule has 17 heavy (non-hydrogen) atoms. The fourth-order valence-electron chi connectivity index (χ4n) is 2.30. The third-order valence-corrected chi connectivity index (χ3v) is 3.40. The van der Waals surface area contributed by atoms with Gasteiger partial charge in [-0.25, -0.2) is 4.98 Å². The van der Waals surface area contributed by atoms with Crippen molar-refractivity contribution in [2.45, 2.75) is 25.8 Å². The van der Waals surface area contributed by atoms with Gasteiger partial charge in [0.15, 0.2) is 11.6 Å². The molecule has 0 bridgehead atoms. The average Bonchev–Trinajstić information content (AvgIpc) is 2.40. The number of pyridine rings is 1. The van der Waals surface area contributed by atoms with Gasteiger partial charge in [-0.2, -0.15) is 0 Å². The third-order valence-electron chi connectivity index (χ3n) is 3.40. The Kier molecular flexibility index (Phi) is 4.20. The maximum Gasteiger partial charge on any atom is 0.168 e. The van der Waals surface area contributed by atoms with Crippen molar-refractivity contribution in [3.63, 3.8) is 0 Å². The highest BCUT2D eigenvalue weighted by Crippen LogP contribution is 2.24. The molecule has 1 aromatic heterocycles. The van der Waals surface area contributed by atoms with Crippen LogP contribution < -0.4 is 15.4 Å². The second-order valence-electron chi connectivity index (χ2n) is 4.59. The summed E-state index contributed by atoms with van der Waals surface area (Å²) >= 11 is 0. The Bertz CT molecular complexity index is 350. The quantitative estimate of drug-likeness (QED) is 0.836. The molecule has 0 spiro atoms. The van der Waals surface area contributed by atoms with E-state index in [1.54, 1.807) is 13.3 Å². The maximum atomic E-state index is 5.29. The second kappa shape index (κ2) is 5.87. The normalized spacial score (nSPS) is 21.9. The Morgan fingerprint density at radius 2 is 2.47 bits per heavy atom. The molecule has 94 valence electrons. The van der Waals surface area contributed by atoms with Gasteiger partial charge < -0.3 is 15.4 Å². The van der Waals surface area contributed by atoms with Gasteiger partial charge in [-0.3, -0.25) is 0 Å². The van der Waals surface area contributed by atoms with Crippen molar-refractivity contribution >= 4 is 5.82 Å². The van der Waals surface area contributed by atoms with Crippen molar-refractivity contribution < 1.29 is 4.74 Å². The minimum Gasteiger partial charge on any atom is -0.493 e. The Balaban J connectivity index is 1.99. The molecule has 2 rings (SSSR count). The van der Waals surface area contributed by atoms with Crippen molar-refractivity contribution in [3.8, 4) is 5.75 Å². The molecule has 0 amide bonds. The molecular weight excluding hydrogens is 214 g/mol. The van der Waals surface area contributed by atoms with Crippen LogP contribution in [0.25, 0.3) is 0 Å².